The maximum absolute atomic E-state index is 5.60. The van der Waals surface area contributed by atoms with Crippen LogP contribution in [0, 0.1) is 0 Å². The van der Waals surface area contributed by atoms with Gasteiger partial charge in [0, 0.05) is 12.4 Å². The number of benzene rings is 1. The summed E-state index contributed by atoms with van der Waals surface area (Å²) in [5.41, 5.74) is 1.11. The van der Waals surface area contributed by atoms with Crippen LogP contribution in [0.25, 0.3) is 10.2 Å². The predicted molar refractivity (Wildman–Crippen MR) is 69.3 cm³/mol. The van der Waals surface area contributed by atoms with Crippen LogP contribution in [0.4, 0.5) is 0 Å². The van der Waals surface area contributed by atoms with Crippen LogP contribution in [0.1, 0.15) is 12.8 Å². The zero-order chi connectivity index (χ0) is 10.8. The molecule has 16 heavy (non-hydrogen) atoms. The van der Waals surface area contributed by atoms with Gasteiger partial charge in [0.15, 0.2) is 4.34 Å². The second-order valence-electron chi connectivity index (χ2n) is 3.89. The molecule has 2 aromatic rings. The van der Waals surface area contributed by atoms with Crippen LogP contribution in [-0.2, 0) is 4.74 Å². The van der Waals surface area contributed by atoms with Crippen LogP contribution in [0.2, 0.25) is 0 Å². The normalized spacial score (nSPS) is 20.6. The lowest BCUT2D eigenvalue weighted by Gasteiger charge is -2.05. The van der Waals surface area contributed by atoms with Crippen molar-refractivity contribution in [2.24, 2.45) is 0 Å². The van der Waals surface area contributed by atoms with Crippen molar-refractivity contribution in [1.29, 1.82) is 0 Å². The van der Waals surface area contributed by atoms with E-state index in [0.29, 0.717) is 6.10 Å². The first kappa shape index (κ1) is 10.6. The van der Waals surface area contributed by atoms with Gasteiger partial charge in [-0.1, -0.05) is 23.9 Å². The molecule has 0 saturated carbocycles. The Labute approximate surface area is 103 Å². The number of thiazole rings is 1. The Morgan fingerprint density at radius 1 is 1.44 bits per heavy atom. The average molecular weight is 251 g/mol. The first-order valence-corrected chi connectivity index (χ1v) is 7.32. The van der Waals surface area contributed by atoms with E-state index < -0.39 is 0 Å². The minimum atomic E-state index is 0.442. The fourth-order valence-corrected chi connectivity index (χ4v) is 4.01. The molecule has 2 heterocycles. The van der Waals surface area contributed by atoms with Crippen molar-refractivity contribution >= 4 is 33.3 Å². The second-order valence-corrected chi connectivity index (χ2v) is 6.19. The Morgan fingerprint density at radius 2 is 2.38 bits per heavy atom. The maximum atomic E-state index is 5.60. The summed E-state index contributed by atoms with van der Waals surface area (Å²) in [7, 11) is 0. The molecule has 0 radical (unpaired) electrons. The highest BCUT2D eigenvalue weighted by Gasteiger charge is 2.16. The number of ether oxygens (including phenoxy) is 1. The third-order valence-electron chi connectivity index (χ3n) is 2.69. The van der Waals surface area contributed by atoms with Gasteiger partial charge in [-0.05, 0) is 25.0 Å². The van der Waals surface area contributed by atoms with Gasteiger partial charge in [0.05, 0.1) is 16.3 Å². The smallest absolute Gasteiger partial charge is 0.151 e. The van der Waals surface area contributed by atoms with Crippen LogP contribution in [0.15, 0.2) is 28.6 Å². The van der Waals surface area contributed by atoms with Crippen LogP contribution in [0.5, 0.6) is 0 Å². The molecule has 0 spiro atoms. The Balaban J connectivity index is 1.69. The van der Waals surface area contributed by atoms with Crippen molar-refractivity contribution in [2.75, 3.05) is 12.4 Å². The molecule has 1 aliphatic heterocycles. The highest BCUT2D eigenvalue weighted by atomic mass is 32.2. The van der Waals surface area contributed by atoms with Crippen molar-refractivity contribution in [3.8, 4) is 0 Å². The molecule has 1 fully saturated rings. The van der Waals surface area contributed by atoms with Crippen molar-refractivity contribution < 1.29 is 4.74 Å². The number of thioether (sulfide) groups is 1. The van der Waals surface area contributed by atoms with Crippen LogP contribution in [-0.4, -0.2) is 23.4 Å². The highest BCUT2D eigenvalue weighted by molar-refractivity contribution is 8.01. The third kappa shape index (κ3) is 2.24. The summed E-state index contributed by atoms with van der Waals surface area (Å²) >= 11 is 3.60. The first-order valence-electron chi connectivity index (χ1n) is 5.52. The van der Waals surface area contributed by atoms with Crippen molar-refractivity contribution in [3.63, 3.8) is 0 Å². The molecular formula is C12H13NOS2. The van der Waals surface area contributed by atoms with Crippen LogP contribution < -0.4 is 0 Å². The number of fused-ring (bicyclic) bond motifs is 1. The highest BCUT2D eigenvalue weighted by Crippen LogP contribution is 2.31. The molecule has 1 atom stereocenters. The Kier molecular flexibility index (Phi) is 3.13. The average Bonchev–Trinajstić information content (AvgIpc) is 2.95. The zero-order valence-electron chi connectivity index (χ0n) is 8.89. The maximum Gasteiger partial charge on any atom is 0.151 e. The Morgan fingerprint density at radius 3 is 3.19 bits per heavy atom. The molecular weight excluding hydrogens is 238 g/mol. The summed E-state index contributed by atoms with van der Waals surface area (Å²) in [6.45, 7) is 0.936. The standard InChI is InChI=1S/C12H13NOS2/c1-2-6-11-10(5-1)13-12(16-11)15-8-9-4-3-7-14-9/h1-2,5-6,9H,3-4,7-8H2/t9-/m1/s1. The summed E-state index contributed by atoms with van der Waals surface area (Å²) in [6, 6.07) is 8.30. The minimum absolute atomic E-state index is 0.442. The summed E-state index contributed by atoms with van der Waals surface area (Å²) in [5.74, 6) is 1.04. The molecule has 4 heteroatoms. The summed E-state index contributed by atoms with van der Waals surface area (Å²) < 4.78 is 8.04. The van der Waals surface area contributed by atoms with Crippen molar-refractivity contribution in [1.82, 2.24) is 4.98 Å². The van der Waals surface area contributed by atoms with Crippen LogP contribution in [0.3, 0.4) is 0 Å². The van der Waals surface area contributed by atoms with Crippen molar-refractivity contribution in [3.05, 3.63) is 24.3 Å². The molecule has 1 saturated heterocycles. The number of aromatic nitrogens is 1. The number of hydrogen-bond donors (Lipinski definition) is 0. The molecule has 0 amide bonds. The van der Waals surface area contributed by atoms with Crippen LogP contribution >= 0.6 is 23.1 Å². The van der Waals surface area contributed by atoms with Gasteiger partial charge in [-0.3, -0.25) is 0 Å². The largest absolute Gasteiger partial charge is 0.377 e. The Bertz CT molecular complexity index is 444. The molecule has 1 aliphatic rings. The number of para-hydroxylation sites is 1. The summed E-state index contributed by atoms with van der Waals surface area (Å²) in [6.07, 6.45) is 2.86. The van der Waals surface area contributed by atoms with E-state index in [1.54, 1.807) is 11.3 Å². The predicted octanol–water partition coefficient (Wildman–Crippen LogP) is 3.57. The van der Waals surface area contributed by atoms with Gasteiger partial charge in [0.1, 0.15) is 0 Å². The van der Waals surface area contributed by atoms with E-state index in [-0.39, 0.29) is 0 Å². The molecule has 0 aliphatic carbocycles. The molecule has 2 nitrogen and oxygen atoms in total. The molecule has 0 bridgehead atoms. The summed E-state index contributed by atoms with van der Waals surface area (Å²) in [5, 5.41) is 0. The number of hydrogen-bond acceptors (Lipinski definition) is 4. The quantitative estimate of drug-likeness (QED) is 0.779. The van der Waals surface area contributed by atoms with Gasteiger partial charge in [0.25, 0.3) is 0 Å². The van der Waals surface area contributed by atoms with Gasteiger partial charge in [-0.15, -0.1) is 11.3 Å². The number of nitrogens with zero attached hydrogens (tertiary/aromatic N) is 1. The lowest BCUT2D eigenvalue weighted by molar-refractivity contribution is 0.129. The van der Waals surface area contributed by atoms with E-state index in [1.807, 2.05) is 17.8 Å². The van der Waals surface area contributed by atoms with E-state index in [2.05, 4.69) is 23.2 Å². The van der Waals surface area contributed by atoms with Gasteiger partial charge in [0.2, 0.25) is 0 Å². The van der Waals surface area contributed by atoms with E-state index in [4.69, 9.17) is 4.74 Å². The topological polar surface area (TPSA) is 22.1 Å². The third-order valence-corrected chi connectivity index (χ3v) is 5.00. The lowest BCUT2D eigenvalue weighted by Crippen LogP contribution is -2.07. The van der Waals surface area contributed by atoms with E-state index in [1.165, 1.54) is 17.5 Å². The van der Waals surface area contributed by atoms with Crippen molar-refractivity contribution in [2.45, 2.75) is 23.3 Å². The van der Waals surface area contributed by atoms with Gasteiger partial charge in [-0.2, -0.15) is 0 Å². The summed E-state index contributed by atoms with van der Waals surface area (Å²) in [4.78, 5) is 4.60. The monoisotopic (exact) mass is 251 g/mol. The van der Waals surface area contributed by atoms with Gasteiger partial charge < -0.3 is 4.74 Å². The molecule has 84 valence electrons. The minimum Gasteiger partial charge on any atom is -0.377 e. The molecule has 1 aromatic carbocycles. The fraction of sp³-hybridized carbons (Fsp3) is 0.417. The second kappa shape index (κ2) is 4.73. The lowest BCUT2D eigenvalue weighted by atomic mass is 10.3. The van der Waals surface area contributed by atoms with Gasteiger partial charge >= 0.3 is 0 Å². The van der Waals surface area contributed by atoms with E-state index in [0.717, 1.165) is 22.2 Å². The van der Waals surface area contributed by atoms with E-state index >= 15 is 0 Å². The first-order chi connectivity index (χ1) is 7.92. The SMILES string of the molecule is c1ccc2sc(SC[C@H]3CCCO3)nc2c1. The Hall–Kier alpha value is -0.580. The molecule has 0 N–H and O–H groups in total. The molecule has 3 rings (SSSR count). The van der Waals surface area contributed by atoms with Gasteiger partial charge in [-0.25, -0.2) is 4.98 Å². The molecule has 0 unspecified atom stereocenters. The zero-order valence-corrected chi connectivity index (χ0v) is 10.5. The number of rotatable bonds is 3. The van der Waals surface area contributed by atoms with E-state index in [9.17, 15) is 0 Å². The fourth-order valence-electron chi connectivity index (χ4n) is 1.85. The molecule has 1 aromatic heterocycles.